The van der Waals surface area contributed by atoms with Crippen molar-refractivity contribution >= 4 is 45.1 Å². The van der Waals surface area contributed by atoms with Gasteiger partial charge in [-0.3, -0.25) is 9.59 Å². The number of aliphatic carboxylic acids is 1. The molecule has 0 bridgehead atoms. The number of hydrogen-bond acceptors (Lipinski definition) is 2. The fraction of sp³-hybridized carbons (Fsp3) is 0.429. The molecule has 1 fully saturated rings. The Morgan fingerprint density at radius 3 is 2.65 bits per heavy atom. The van der Waals surface area contributed by atoms with Crippen LogP contribution in [-0.4, -0.2) is 17.0 Å². The van der Waals surface area contributed by atoms with Crippen LogP contribution in [0.5, 0.6) is 0 Å². The monoisotopic (exact) mass is 359 g/mol. The Morgan fingerprint density at radius 1 is 1.35 bits per heavy atom. The molecule has 2 rings (SSSR count). The van der Waals surface area contributed by atoms with Crippen molar-refractivity contribution in [3.05, 3.63) is 27.2 Å². The molecule has 4 nitrogen and oxygen atoms in total. The lowest BCUT2D eigenvalue weighted by atomic mass is 9.95. The first kappa shape index (κ1) is 15.3. The van der Waals surface area contributed by atoms with E-state index in [-0.39, 0.29) is 5.91 Å². The van der Waals surface area contributed by atoms with Crippen LogP contribution in [0.25, 0.3) is 0 Å². The normalized spacial score (nSPS) is 21.8. The van der Waals surface area contributed by atoms with E-state index in [9.17, 15) is 9.59 Å². The number of amides is 1. The van der Waals surface area contributed by atoms with E-state index in [4.69, 9.17) is 16.7 Å². The molecule has 1 aliphatic rings. The minimum atomic E-state index is -0.899. The molecule has 0 unspecified atom stereocenters. The predicted octanol–water partition coefficient (Wildman–Crippen LogP) is 3.85. The van der Waals surface area contributed by atoms with Crippen LogP contribution < -0.4 is 5.32 Å². The Morgan fingerprint density at radius 2 is 2.00 bits per heavy atom. The quantitative estimate of drug-likeness (QED) is 0.860. The summed E-state index contributed by atoms with van der Waals surface area (Å²) in [5, 5.41) is 12.5. The molecule has 0 aliphatic heterocycles. The molecule has 1 aliphatic carbocycles. The number of benzene rings is 1. The van der Waals surface area contributed by atoms with Crippen LogP contribution in [0, 0.1) is 18.8 Å². The van der Waals surface area contributed by atoms with Gasteiger partial charge >= 0.3 is 5.97 Å². The number of rotatable bonds is 3. The van der Waals surface area contributed by atoms with Crippen molar-refractivity contribution in [1.29, 1.82) is 0 Å². The number of carboxylic acid groups (broad SMARTS) is 1. The molecule has 20 heavy (non-hydrogen) atoms. The highest BCUT2D eigenvalue weighted by Crippen LogP contribution is 2.34. The summed E-state index contributed by atoms with van der Waals surface area (Å²) < 4.78 is 0.734. The third-order valence-corrected chi connectivity index (χ3v) is 4.74. The topological polar surface area (TPSA) is 66.4 Å². The van der Waals surface area contributed by atoms with Gasteiger partial charge in [0.15, 0.2) is 0 Å². The second-order valence-electron chi connectivity index (χ2n) is 5.05. The summed E-state index contributed by atoms with van der Waals surface area (Å²) in [7, 11) is 0. The van der Waals surface area contributed by atoms with Crippen molar-refractivity contribution in [2.75, 3.05) is 5.32 Å². The summed E-state index contributed by atoms with van der Waals surface area (Å²) in [6, 6.07) is 3.49. The molecule has 0 radical (unpaired) electrons. The number of carbonyl (C=O) groups is 2. The van der Waals surface area contributed by atoms with E-state index in [0.717, 1.165) is 16.5 Å². The van der Waals surface area contributed by atoms with Crippen molar-refractivity contribution < 1.29 is 14.7 Å². The molecule has 0 heterocycles. The number of nitrogens with one attached hydrogen (secondary N) is 1. The molecular weight excluding hydrogens is 346 g/mol. The lowest BCUT2D eigenvalue weighted by Crippen LogP contribution is -2.30. The predicted molar refractivity (Wildman–Crippen MR) is 81.0 cm³/mol. The van der Waals surface area contributed by atoms with Gasteiger partial charge in [-0.25, -0.2) is 0 Å². The zero-order valence-electron chi connectivity index (χ0n) is 11.0. The Hall–Kier alpha value is -1.07. The van der Waals surface area contributed by atoms with Crippen molar-refractivity contribution in [2.24, 2.45) is 11.8 Å². The second kappa shape index (κ2) is 6.14. The van der Waals surface area contributed by atoms with Gasteiger partial charge in [0.05, 0.1) is 17.5 Å². The fourth-order valence-corrected chi connectivity index (χ4v) is 3.26. The SMILES string of the molecule is Cc1cc(Br)c(NC(=O)[C@@H]2CCC[C@@H]2C(=O)O)cc1Cl. The first-order valence-electron chi connectivity index (χ1n) is 6.39. The molecule has 2 atom stereocenters. The van der Waals surface area contributed by atoms with E-state index in [1.165, 1.54) is 0 Å². The van der Waals surface area contributed by atoms with Gasteiger partial charge in [-0.15, -0.1) is 0 Å². The van der Waals surface area contributed by atoms with Crippen molar-refractivity contribution in [2.45, 2.75) is 26.2 Å². The smallest absolute Gasteiger partial charge is 0.307 e. The maximum Gasteiger partial charge on any atom is 0.307 e. The summed E-state index contributed by atoms with van der Waals surface area (Å²) in [4.78, 5) is 23.4. The van der Waals surface area contributed by atoms with Gasteiger partial charge in [0.2, 0.25) is 5.91 Å². The fourth-order valence-electron chi connectivity index (χ4n) is 2.54. The van der Waals surface area contributed by atoms with Gasteiger partial charge in [-0.05, 0) is 53.4 Å². The number of halogens is 2. The number of hydrogen-bond donors (Lipinski definition) is 2. The van der Waals surface area contributed by atoms with Crippen LogP contribution in [-0.2, 0) is 9.59 Å². The number of carbonyl (C=O) groups excluding carboxylic acids is 1. The van der Waals surface area contributed by atoms with E-state index >= 15 is 0 Å². The Bertz CT molecular complexity index is 562. The molecule has 2 N–H and O–H groups in total. The van der Waals surface area contributed by atoms with Crippen LogP contribution in [0.1, 0.15) is 24.8 Å². The Labute approximate surface area is 130 Å². The molecule has 1 saturated carbocycles. The average Bonchev–Trinajstić information content (AvgIpc) is 2.85. The average molecular weight is 361 g/mol. The van der Waals surface area contributed by atoms with Crippen LogP contribution in [0.15, 0.2) is 16.6 Å². The lowest BCUT2D eigenvalue weighted by molar-refractivity contribution is -0.145. The zero-order valence-corrected chi connectivity index (χ0v) is 13.3. The van der Waals surface area contributed by atoms with E-state index in [1.807, 2.05) is 13.0 Å². The van der Waals surface area contributed by atoms with E-state index < -0.39 is 17.8 Å². The van der Waals surface area contributed by atoms with Gasteiger partial charge < -0.3 is 10.4 Å². The number of anilines is 1. The zero-order chi connectivity index (χ0) is 14.9. The van der Waals surface area contributed by atoms with E-state index in [0.29, 0.717) is 23.6 Å². The minimum absolute atomic E-state index is 0.254. The lowest BCUT2D eigenvalue weighted by Gasteiger charge is -2.16. The van der Waals surface area contributed by atoms with Gasteiger partial charge in [-0.1, -0.05) is 18.0 Å². The molecule has 0 aromatic heterocycles. The summed E-state index contributed by atoms with van der Waals surface area (Å²) in [5.41, 5.74) is 1.47. The van der Waals surface area contributed by atoms with Crippen LogP contribution in [0.4, 0.5) is 5.69 Å². The van der Waals surface area contributed by atoms with Crippen molar-refractivity contribution in [3.63, 3.8) is 0 Å². The van der Waals surface area contributed by atoms with Gasteiger partial charge in [0.25, 0.3) is 0 Å². The molecule has 1 aromatic rings. The number of carboxylic acids is 1. The maximum absolute atomic E-state index is 12.2. The summed E-state index contributed by atoms with van der Waals surface area (Å²) >= 11 is 9.41. The summed E-state index contributed by atoms with van der Waals surface area (Å²) in [6.07, 6.45) is 1.94. The Kier molecular flexibility index (Phi) is 4.70. The first-order valence-corrected chi connectivity index (χ1v) is 7.56. The second-order valence-corrected chi connectivity index (χ2v) is 6.31. The molecule has 1 aromatic carbocycles. The maximum atomic E-state index is 12.2. The summed E-state index contributed by atoms with van der Waals surface area (Å²) in [6.45, 7) is 1.87. The third-order valence-electron chi connectivity index (χ3n) is 3.68. The van der Waals surface area contributed by atoms with Crippen LogP contribution >= 0.6 is 27.5 Å². The molecule has 108 valence electrons. The molecule has 0 spiro atoms. The van der Waals surface area contributed by atoms with Crippen LogP contribution in [0.2, 0.25) is 5.02 Å². The highest BCUT2D eigenvalue weighted by atomic mass is 79.9. The van der Waals surface area contributed by atoms with E-state index in [1.54, 1.807) is 6.07 Å². The van der Waals surface area contributed by atoms with Gasteiger partial charge in [0, 0.05) is 9.50 Å². The van der Waals surface area contributed by atoms with E-state index in [2.05, 4.69) is 21.2 Å². The molecule has 6 heteroatoms. The first-order chi connectivity index (χ1) is 9.40. The highest BCUT2D eigenvalue weighted by molar-refractivity contribution is 9.10. The molecular formula is C14H15BrClNO3. The van der Waals surface area contributed by atoms with Crippen molar-refractivity contribution in [1.82, 2.24) is 0 Å². The molecule has 1 amide bonds. The third kappa shape index (κ3) is 3.15. The largest absolute Gasteiger partial charge is 0.481 e. The summed E-state index contributed by atoms with van der Waals surface area (Å²) in [5.74, 6) is -2.21. The Balaban J connectivity index is 2.16. The van der Waals surface area contributed by atoms with Crippen molar-refractivity contribution in [3.8, 4) is 0 Å². The van der Waals surface area contributed by atoms with Gasteiger partial charge in [-0.2, -0.15) is 0 Å². The standard InChI is InChI=1S/C14H15BrClNO3/c1-7-5-10(15)12(6-11(7)16)17-13(18)8-3-2-4-9(8)14(19)20/h5-6,8-9H,2-4H2,1H3,(H,17,18)(H,19,20)/t8-,9+/m1/s1. The minimum Gasteiger partial charge on any atom is -0.481 e. The number of aryl methyl sites for hydroxylation is 1. The molecule has 0 saturated heterocycles. The van der Waals surface area contributed by atoms with Crippen LogP contribution in [0.3, 0.4) is 0 Å². The highest BCUT2D eigenvalue weighted by Gasteiger charge is 2.37. The van der Waals surface area contributed by atoms with Gasteiger partial charge in [0.1, 0.15) is 0 Å².